The summed E-state index contributed by atoms with van der Waals surface area (Å²) >= 11 is 0. The lowest BCUT2D eigenvalue weighted by Gasteiger charge is -2.32. The Morgan fingerprint density at radius 1 is 1.19 bits per heavy atom. The van der Waals surface area contributed by atoms with Crippen molar-refractivity contribution in [3.63, 3.8) is 0 Å². The van der Waals surface area contributed by atoms with E-state index in [-0.39, 0.29) is 5.92 Å². The van der Waals surface area contributed by atoms with Crippen molar-refractivity contribution in [2.75, 3.05) is 0 Å². The third-order valence-corrected chi connectivity index (χ3v) is 6.01. The van der Waals surface area contributed by atoms with Gasteiger partial charge in [0.2, 0.25) is 0 Å². The van der Waals surface area contributed by atoms with Gasteiger partial charge >= 0.3 is 7.12 Å². The van der Waals surface area contributed by atoms with Crippen LogP contribution in [-0.2, 0) is 22.0 Å². The van der Waals surface area contributed by atoms with Crippen LogP contribution in [0.3, 0.4) is 0 Å². The molecular formula is C19H25BFN3O2. The molecule has 1 saturated carbocycles. The molecule has 1 atom stereocenters. The summed E-state index contributed by atoms with van der Waals surface area (Å²) in [6.45, 7) is 8.06. The van der Waals surface area contributed by atoms with Crippen LogP contribution in [0.2, 0.25) is 0 Å². The summed E-state index contributed by atoms with van der Waals surface area (Å²) in [4.78, 5) is 0. The first-order valence-corrected chi connectivity index (χ1v) is 9.14. The maximum absolute atomic E-state index is 16.3. The summed E-state index contributed by atoms with van der Waals surface area (Å²) in [5.74, 6) is 0.282. The molecule has 1 aliphatic carbocycles. The molecule has 1 aromatic carbocycles. The maximum atomic E-state index is 16.3. The standard InChI is InChI=1S/C19H25BFN3O2/c1-17(2)18(3,4)26-20(25-17)15-8-6-7-14(11-15)19(21,13-9-10-13)16-23-22-12-24(16)5/h6-8,11-13H,9-10H2,1-5H3. The molecule has 0 amide bonds. The number of alkyl halides is 1. The number of nitrogens with zero attached hydrogens (tertiary/aromatic N) is 3. The van der Waals surface area contributed by atoms with Gasteiger partial charge in [0, 0.05) is 13.0 Å². The summed E-state index contributed by atoms with van der Waals surface area (Å²) < 4.78 is 30.2. The van der Waals surface area contributed by atoms with Gasteiger partial charge in [-0.05, 0) is 51.6 Å². The van der Waals surface area contributed by atoms with Crippen molar-refractivity contribution in [2.45, 2.75) is 57.4 Å². The molecular weight excluding hydrogens is 332 g/mol. The highest BCUT2D eigenvalue weighted by molar-refractivity contribution is 6.62. The van der Waals surface area contributed by atoms with Crippen molar-refractivity contribution >= 4 is 12.6 Å². The number of aromatic nitrogens is 3. The Labute approximate surface area is 154 Å². The zero-order valence-electron chi connectivity index (χ0n) is 16.0. The summed E-state index contributed by atoms with van der Waals surface area (Å²) in [7, 11) is 1.27. The molecule has 1 saturated heterocycles. The van der Waals surface area contributed by atoms with Crippen LogP contribution < -0.4 is 5.46 Å². The van der Waals surface area contributed by atoms with Crippen molar-refractivity contribution in [3.05, 3.63) is 42.0 Å². The van der Waals surface area contributed by atoms with E-state index < -0.39 is 24.0 Å². The lowest BCUT2D eigenvalue weighted by Crippen LogP contribution is -2.41. The quantitative estimate of drug-likeness (QED) is 0.790. The van der Waals surface area contributed by atoms with Crippen molar-refractivity contribution in [1.82, 2.24) is 14.8 Å². The fourth-order valence-electron chi connectivity index (χ4n) is 3.53. The molecule has 0 spiro atoms. The molecule has 1 aliphatic heterocycles. The largest absolute Gasteiger partial charge is 0.494 e. The van der Waals surface area contributed by atoms with Crippen molar-refractivity contribution in [3.8, 4) is 0 Å². The van der Waals surface area contributed by atoms with E-state index in [1.54, 1.807) is 17.9 Å². The number of rotatable bonds is 4. The first-order chi connectivity index (χ1) is 12.1. The molecule has 5 nitrogen and oxygen atoms in total. The van der Waals surface area contributed by atoms with E-state index in [9.17, 15) is 0 Å². The third kappa shape index (κ3) is 2.60. The van der Waals surface area contributed by atoms with Crippen LogP contribution in [0.15, 0.2) is 30.6 Å². The highest BCUT2D eigenvalue weighted by Crippen LogP contribution is 2.51. The van der Waals surface area contributed by atoms with Gasteiger partial charge in [-0.3, -0.25) is 0 Å². The predicted octanol–water partition coefficient (Wildman–Crippen LogP) is 2.74. The van der Waals surface area contributed by atoms with Crippen LogP contribution in [0.1, 0.15) is 51.9 Å². The van der Waals surface area contributed by atoms with E-state index in [4.69, 9.17) is 9.31 Å². The molecule has 0 N–H and O–H groups in total. The normalized spacial score (nSPS) is 23.8. The highest BCUT2D eigenvalue weighted by atomic mass is 19.1. The minimum atomic E-state index is -1.65. The highest BCUT2D eigenvalue weighted by Gasteiger charge is 2.54. The van der Waals surface area contributed by atoms with E-state index in [1.807, 2.05) is 52.0 Å². The monoisotopic (exact) mass is 357 g/mol. The van der Waals surface area contributed by atoms with Crippen LogP contribution in [0.5, 0.6) is 0 Å². The first-order valence-electron chi connectivity index (χ1n) is 9.14. The second-order valence-corrected chi connectivity index (χ2v) is 8.47. The third-order valence-electron chi connectivity index (χ3n) is 6.01. The minimum absolute atomic E-state index is 0.0704. The molecule has 2 fully saturated rings. The summed E-state index contributed by atoms with van der Waals surface area (Å²) in [6.07, 6.45) is 3.25. The van der Waals surface area contributed by atoms with Crippen LogP contribution in [0.4, 0.5) is 4.39 Å². The van der Waals surface area contributed by atoms with Gasteiger partial charge in [0.15, 0.2) is 11.5 Å². The van der Waals surface area contributed by atoms with Crippen LogP contribution in [0.25, 0.3) is 0 Å². The molecule has 1 aromatic heterocycles. The average molecular weight is 357 g/mol. The average Bonchev–Trinajstić information content (AvgIpc) is 3.30. The van der Waals surface area contributed by atoms with Crippen LogP contribution >= 0.6 is 0 Å². The lowest BCUT2D eigenvalue weighted by molar-refractivity contribution is 0.00578. The fourth-order valence-corrected chi connectivity index (χ4v) is 3.53. The van der Waals surface area contributed by atoms with Crippen molar-refractivity contribution in [2.24, 2.45) is 13.0 Å². The number of hydrogen-bond acceptors (Lipinski definition) is 4. The van der Waals surface area contributed by atoms with E-state index in [0.29, 0.717) is 11.4 Å². The number of halogens is 1. The van der Waals surface area contributed by atoms with Gasteiger partial charge in [0.25, 0.3) is 0 Å². The molecule has 4 rings (SSSR count). The van der Waals surface area contributed by atoms with Gasteiger partial charge in [-0.25, -0.2) is 4.39 Å². The molecule has 1 unspecified atom stereocenters. The zero-order chi connectivity index (χ0) is 18.7. The number of benzene rings is 1. The predicted molar refractivity (Wildman–Crippen MR) is 97.8 cm³/mol. The van der Waals surface area contributed by atoms with E-state index in [2.05, 4.69) is 10.2 Å². The number of aryl methyl sites for hydroxylation is 1. The molecule has 2 heterocycles. The molecule has 26 heavy (non-hydrogen) atoms. The smallest absolute Gasteiger partial charge is 0.399 e. The van der Waals surface area contributed by atoms with Crippen LogP contribution in [0, 0.1) is 5.92 Å². The Kier molecular flexibility index (Phi) is 3.83. The molecule has 2 aliphatic rings. The Morgan fingerprint density at radius 2 is 1.85 bits per heavy atom. The van der Waals surface area contributed by atoms with Gasteiger partial charge in [-0.1, -0.05) is 24.3 Å². The van der Waals surface area contributed by atoms with E-state index in [1.165, 1.54) is 0 Å². The Morgan fingerprint density at radius 3 is 2.38 bits per heavy atom. The Bertz CT molecular complexity index is 818. The van der Waals surface area contributed by atoms with E-state index >= 15 is 4.39 Å². The van der Waals surface area contributed by atoms with Crippen LogP contribution in [-0.4, -0.2) is 33.1 Å². The molecule has 0 bridgehead atoms. The number of hydrogen-bond donors (Lipinski definition) is 0. The second kappa shape index (κ2) is 5.63. The molecule has 138 valence electrons. The minimum Gasteiger partial charge on any atom is -0.399 e. The van der Waals surface area contributed by atoms with Crippen molar-refractivity contribution in [1.29, 1.82) is 0 Å². The topological polar surface area (TPSA) is 49.2 Å². The lowest BCUT2D eigenvalue weighted by atomic mass is 9.76. The summed E-state index contributed by atoms with van der Waals surface area (Å²) in [6, 6.07) is 7.47. The van der Waals surface area contributed by atoms with Gasteiger partial charge in [-0.15, -0.1) is 10.2 Å². The second-order valence-electron chi connectivity index (χ2n) is 8.47. The Hall–Kier alpha value is -1.73. The fraction of sp³-hybridized carbons (Fsp3) is 0.579. The van der Waals surface area contributed by atoms with Gasteiger partial charge in [0.05, 0.1) is 11.2 Å². The maximum Gasteiger partial charge on any atom is 0.494 e. The van der Waals surface area contributed by atoms with E-state index in [0.717, 1.165) is 18.3 Å². The van der Waals surface area contributed by atoms with Gasteiger partial charge in [-0.2, -0.15) is 0 Å². The first kappa shape index (κ1) is 17.7. The summed E-state index contributed by atoms with van der Waals surface area (Å²) in [5.41, 5.74) is -1.10. The zero-order valence-corrected chi connectivity index (χ0v) is 16.0. The summed E-state index contributed by atoms with van der Waals surface area (Å²) in [5, 5.41) is 7.96. The SMILES string of the molecule is Cn1cnnc1C(F)(c1cccc(B2OC(C)(C)C(C)(C)O2)c1)C1CC1. The molecule has 7 heteroatoms. The molecule has 0 radical (unpaired) electrons. The van der Waals surface area contributed by atoms with Crippen molar-refractivity contribution < 1.29 is 13.7 Å². The molecule has 2 aromatic rings. The Balaban J connectivity index is 1.73. The van der Waals surface area contributed by atoms with Gasteiger partial charge < -0.3 is 13.9 Å². The van der Waals surface area contributed by atoms with Gasteiger partial charge in [0.1, 0.15) is 6.33 Å².